The molecule has 0 unspecified atom stereocenters. The van der Waals surface area contributed by atoms with Gasteiger partial charge in [0, 0.05) is 25.1 Å². The minimum Gasteiger partial charge on any atom is -0.405 e. The van der Waals surface area contributed by atoms with E-state index in [2.05, 4.69) is 20.4 Å². The Morgan fingerprint density at radius 1 is 1.31 bits per heavy atom. The molecule has 1 aromatic carbocycles. The van der Waals surface area contributed by atoms with Gasteiger partial charge in [-0.05, 0) is 31.0 Å². The average molecular weight is 529 g/mol. The third-order valence-electron chi connectivity index (χ3n) is 6.02. The number of aliphatic hydroxyl groups is 1. The molecular weight excluding hydrogens is 497 g/mol. The van der Waals surface area contributed by atoms with Crippen LogP contribution in [0.2, 0.25) is 0 Å². The largest absolute Gasteiger partial charge is 0.573 e. The van der Waals surface area contributed by atoms with E-state index >= 15 is 0 Å². The molecule has 1 aliphatic heterocycles. The first kappa shape index (κ1) is 27.9. The van der Waals surface area contributed by atoms with Crippen LogP contribution in [-0.4, -0.2) is 64.9 Å². The van der Waals surface area contributed by atoms with Crippen molar-refractivity contribution in [3.8, 4) is 16.2 Å². The van der Waals surface area contributed by atoms with E-state index in [0.29, 0.717) is 16.1 Å². The van der Waals surface area contributed by atoms with Gasteiger partial charge in [0.05, 0.1) is 28.2 Å². The highest BCUT2D eigenvalue weighted by atomic mass is 32.1. The highest BCUT2D eigenvalue weighted by Gasteiger charge is 2.43. The van der Waals surface area contributed by atoms with Crippen molar-refractivity contribution in [2.45, 2.75) is 65.2 Å². The lowest BCUT2D eigenvalue weighted by Crippen LogP contribution is -2.55. The molecule has 0 bridgehead atoms. The quantitative estimate of drug-likeness (QED) is 0.510. The molecule has 1 fully saturated rings. The molecule has 3 N–H and O–H groups in total. The summed E-state index contributed by atoms with van der Waals surface area (Å²) in [7, 11) is 1.65. The van der Waals surface area contributed by atoms with Gasteiger partial charge in [-0.2, -0.15) is 0 Å². The summed E-state index contributed by atoms with van der Waals surface area (Å²) in [5.74, 6) is -1.33. The maximum Gasteiger partial charge on any atom is 0.573 e. The number of aromatic nitrogens is 1. The SMILES string of the molecule is CN[C@H](C(=O)N1C[C@H](O)C[C@H]1C(=O)NCc1ccc(-c2scnc2C)cc1OC(F)(F)F)C(C)(C)C. The maximum atomic E-state index is 13.2. The first-order chi connectivity index (χ1) is 16.7. The molecule has 2 heterocycles. The van der Waals surface area contributed by atoms with Crippen molar-refractivity contribution in [3.63, 3.8) is 0 Å². The number of nitrogens with zero attached hydrogens (tertiary/aromatic N) is 2. The molecule has 12 heteroatoms. The van der Waals surface area contributed by atoms with E-state index in [1.807, 2.05) is 20.8 Å². The second-order valence-electron chi connectivity index (χ2n) is 9.84. The predicted molar refractivity (Wildman–Crippen MR) is 129 cm³/mol. The van der Waals surface area contributed by atoms with Crippen LogP contribution in [0.25, 0.3) is 10.4 Å². The molecule has 36 heavy (non-hydrogen) atoms. The van der Waals surface area contributed by atoms with Gasteiger partial charge in [0.15, 0.2) is 0 Å². The van der Waals surface area contributed by atoms with Crippen molar-refractivity contribution in [1.29, 1.82) is 0 Å². The van der Waals surface area contributed by atoms with Crippen molar-refractivity contribution in [2.24, 2.45) is 5.41 Å². The molecule has 0 aliphatic carbocycles. The van der Waals surface area contributed by atoms with E-state index in [4.69, 9.17) is 0 Å². The van der Waals surface area contributed by atoms with Crippen LogP contribution in [0.5, 0.6) is 5.75 Å². The molecule has 8 nitrogen and oxygen atoms in total. The molecule has 0 radical (unpaired) electrons. The minimum absolute atomic E-state index is 0.00346. The molecule has 0 spiro atoms. The van der Waals surface area contributed by atoms with Crippen LogP contribution in [-0.2, 0) is 16.1 Å². The Hall–Kier alpha value is -2.70. The standard InChI is InChI=1S/C24H31F3N4O4S/c1-13-19(36-12-30-13)14-6-7-15(18(8-14)35-24(25,26)27)10-29-21(33)17-9-16(32)11-31(17)22(34)20(28-5)23(2,3)4/h6-8,12,16-17,20,28,32H,9-11H2,1-5H3,(H,29,33)/t16-,17+,20-/m1/s1. The van der Waals surface area contributed by atoms with E-state index in [1.165, 1.54) is 28.4 Å². The van der Waals surface area contributed by atoms with Crippen LogP contribution >= 0.6 is 11.3 Å². The minimum atomic E-state index is -4.92. The molecular formula is C24H31F3N4O4S. The maximum absolute atomic E-state index is 13.2. The lowest BCUT2D eigenvalue weighted by Gasteiger charge is -2.34. The summed E-state index contributed by atoms with van der Waals surface area (Å²) in [6.07, 6.45) is -5.77. The molecule has 1 saturated heterocycles. The number of β-amino-alcohol motifs (C(OH)–C–C–N with tert-alkyl or cyclic N) is 1. The van der Waals surface area contributed by atoms with E-state index in [1.54, 1.807) is 25.5 Å². The van der Waals surface area contributed by atoms with Gasteiger partial charge in [-0.25, -0.2) is 4.98 Å². The summed E-state index contributed by atoms with van der Waals surface area (Å²) >= 11 is 1.30. The molecule has 2 amide bonds. The first-order valence-corrected chi connectivity index (χ1v) is 12.3. The van der Waals surface area contributed by atoms with Crippen LogP contribution in [0.4, 0.5) is 13.2 Å². The monoisotopic (exact) mass is 528 g/mol. The number of alkyl halides is 3. The van der Waals surface area contributed by atoms with Crippen molar-refractivity contribution >= 4 is 23.2 Å². The van der Waals surface area contributed by atoms with Crippen LogP contribution in [0.1, 0.15) is 38.4 Å². The smallest absolute Gasteiger partial charge is 0.405 e. The first-order valence-electron chi connectivity index (χ1n) is 11.4. The molecule has 3 atom stereocenters. The number of hydrogen-bond acceptors (Lipinski definition) is 7. The normalized spacial score (nSPS) is 19.3. The Balaban J connectivity index is 1.80. The zero-order chi connectivity index (χ0) is 26.8. The van der Waals surface area contributed by atoms with Crippen molar-refractivity contribution in [1.82, 2.24) is 20.5 Å². The molecule has 0 saturated carbocycles. The summed E-state index contributed by atoms with van der Waals surface area (Å²) in [4.78, 5) is 32.4. The topological polar surface area (TPSA) is 104 Å². The fourth-order valence-electron chi connectivity index (χ4n) is 4.34. The summed E-state index contributed by atoms with van der Waals surface area (Å²) in [6.45, 7) is 7.14. The molecule has 1 aliphatic rings. The van der Waals surface area contributed by atoms with Crippen molar-refractivity contribution < 1.29 is 32.6 Å². The van der Waals surface area contributed by atoms with Gasteiger partial charge in [-0.15, -0.1) is 24.5 Å². The summed E-state index contributed by atoms with van der Waals surface area (Å²) in [5.41, 5.74) is 2.47. The predicted octanol–water partition coefficient (Wildman–Crippen LogP) is 3.23. The fraction of sp³-hybridized carbons (Fsp3) is 0.542. The van der Waals surface area contributed by atoms with Gasteiger partial charge < -0.3 is 25.4 Å². The Morgan fingerprint density at radius 3 is 2.56 bits per heavy atom. The number of carbonyl (C=O) groups is 2. The Morgan fingerprint density at radius 2 is 2.00 bits per heavy atom. The van der Waals surface area contributed by atoms with E-state index in [0.717, 1.165) is 0 Å². The summed E-state index contributed by atoms with van der Waals surface area (Å²) in [6, 6.07) is 2.83. The lowest BCUT2D eigenvalue weighted by atomic mass is 9.86. The van der Waals surface area contributed by atoms with Gasteiger partial charge in [0.25, 0.3) is 0 Å². The number of carbonyl (C=O) groups excluding carboxylic acids is 2. The lowest BCUT2D eigenvalue weighted by molar-refractivity contribution is -0.274. The van der Waals surface area contributed by atoms with Crippen LogP contribution < -0.4 is 15.4 Å². The number of likely N-dealkylation sites (tertiary alicyclic amines) is 1. The number of nitrogens with one attached hydrogen (secondary N) is 2. The van der Waals surface area contributed by atoms with Crippen molar-refractivity contribution in [2.75, 3.05) is 13.6 Å². The van der Waals surface area contributed by atoms with Crippen LogP contribution in [0.15, 0.2) is 23.7 Å². The zero-order valence-electron chi connectivity index (χ0n) is 20.8. The fourth-order valence-corrected chi connectivity index (χ4v) is 5.14. The number of likely N-dealkylation sites (N-methyl/N-ethyl adjacent to an activating group) is 1. The number of halogens is 3. The number of thiazole rings is 1. The molecule has 1 aromatic heterocycles. The van der Waals surface area contributed by atoms with Crippen LogP contribution in [0, 0.1) is 12.3 Å². The molecule has 198 valence electrons. The Kier molecular flexibility index (Phi) is 8.31. The zero-order valence-corrected chi connectivity index (χ0v) is 21.6. The Bertz CT molecular complexity index is 1100. The Labute approximate surface area is 211 Å². The van der Waals surface area contributed by atoms with Gasteiger partial charge in [0.1, 0.15) is 11.8 Å². The molecule has 3 rings (SSSR count). The molecule has 2 aromatic rings. The van der Waals surface area contributed by atoms with E-state index in [9.17, 15) is 27.9 Å². The third kappa shape index (κ3) is 6.54. The van der Waals surface area contributed by atoms with Crippen LogP contribution in [0.3, 0.4) is 0 Å². The average Bonchev–Trinajstić information content (AvgIpc) is 3.36. The van der Waals surface area contributed by atoms with Gasteiger partial charge in [-0.1, -0.05) is 32.9 Å². The third-order valence-corrected chi connectivity index (χ3v) is 7.00. The highest BCUT2D eigenvalue weighted by Crippen LogP contribution is 2.34. The second kappa shape index (κ2) is 10.7. The van der Waals surface area contributed by atoms with E-state index < -0.39 is 41.6 Å². The summed E-state index contributed by atoms with van der Waals surface area (Å²) < 4.78 is 43.6. The number of benzene rings is 1. The van der Waals surface area contributed by atoms with Crippen molar-refractivity contribution in [3.05, 3.63) is 35.0 Å². The summed E-state index contributed by atoms with van der Waals surface area (Å²) in [5, 5.41) is 15.8. The number of hydrogen-bond donors (Lipinski definition) is 3. The van der Waals surface area contributed by atoms with Gasteiger partial charge >= 0.3 is 6.36 Å². The highest BCUT2D eigenvalue weighted by molar-refractivity contribution is 7.13. The number of rotatable bonds is 7. The van der Waals surface area contributed by atoms with E-state index in [-0.39, 0.29) is 31.0 Å². The number of aryl methyl sites for hydroxylation is 1. The van der Waals surface area contributed by atoms with Gasteiger partial charge in [-0.3, -0.25) is 9.59 Å². The number of ether oxygens (including phenoxy) is 1. The van der Waals surface area contributed by atoms with Gasteiger partial charge in [0.2, 0.25) is 11.8 Å². The number of aliphatic hydroxyl groups excluding tert-OH is 1. The number of amides is 2. The second-order valence-corrected chi connectivity index (χ2v) is 10.7.